The van der Waals surface area contributed by atoms with Crippen LogP contribution in [0.2, 0.25) is 0 Å². The van der Waals surface area contributed by atoms with Crippen LogP contribution in [0.3, 0.4) is 0 Å². The lowest BCUT2D eigenvalue weighted by Crippen LogP contribution is -2.31. The molecule has 0 aliphatic rings. The molecular formula is C20H26N2O5S. The number of hydrogen-bond donors (Lipinski definition) is 1. The summed E-state index contributed by atoms with van der Waals surface area (Å²) in [6.07, 6.45) is 0. The number of anilines is 1. The van der Waals surface area contributed by atoms with Crippen LogP contribution in [0.1, 0.15) is 36.7 Å². The van der Waals surface area contributed by atoms with E-state index in [2.05, 4.69) is 0 Å². The molecule has 0 aliphatic heterocycles. The third-order valence-electron chi connectivity index (χ3n) is 4.16. The zero-order chi connectivity index (χ0) is 20.9. The van der Waals surface area contributed by atoms with Crippen LogP contribution in [0.25, 0.3) is 0 Å². The minimum absolute atomic E-state index is 0.0104. The van der Waals surface area contributed by atoms with Crippen molar-refractivity contribution in [1.29, 1.82) is 0 Å². The molecule has 28 heavy (non-hydrogen) atoms. The summed E-state index contributed by atoms with van der Waals surface area (Å²) in [6, 6.07) is 9.76. The molecule has 152 valence electrons. The molecule has 0 spiro atoms. The van der Waals surface area contributed by atoms with Gasteiger partial charge in [0.25, 0.3) is 0 Å². The number of ether oxygens (including phenoxy) is 2. The minimum atomic E-state index is -3.93. The third-order valence-corrected chi connectivity index (χ3v) is 6.21. The topological polar surface area (TPSA) is 98.9 Å². The number of rotatable bonds is 8. The molecule has 0 radical (unpaired) electrons. The van der Waals surface area contributed by atoms with Gasteiger partial charge < -0.3 is 15.2 Å². The molecule has 0 aliphatic carbocycles. The molecule has 2 N–H and O–H groups in total. The monoisotopic (exact) mass is 406 g/mol. The number of carbonyl (C=O) groups is 1. The second-order valence-electron chi connectivity index (χ2n) is 6.12. The average Bonchev–Trinajstić information content (AvgIpc) is 2.65. The van der Waals surface area contributed by atoms with Crippen molar-refractivity contribution in [2.24, 2.45) is 0 Å². The molecular weight excluding hydrogens is 380 g/mol. The molecule has 0 fully saturated rings. The van der Waals surface area contributed by atoms with Crippen molar-refractivity contribution in [3.63, 3.8) is 0 Å². The summed E-state index contributed by atoms with van der Waals surface area (Å²) < 4.78 is 38.5. The Kier molecular flexibility index (Phi) is 7.04. The quantitative estimate of drug-likeness (QED) is 0.531. The van der Waals surface area contributed by atoms with Gasteiger partial charge >= 0.3 is 5.97 Å². The molecule has 0 bridgehead atoms. The van der Waals surface area contributed by atoms with Gasteiger partial charge in [0.2, 0.25) is 10.0 Å². The van der Waals surface area contributed by atoms with Gasteiger partial charge in [-0.15, -0.1) is 0 Å². The third kappa shape index (κ3) is 4.63. The minimum Gasteiger partial charge on any atom is -0.462 e. The van der Waals surface area contributed by atoms with E-state index in [0.717, 1.165) is 5.56 Å². The highest BCUT2D eigenvalue weighted by Gasteiger charge is 2.29. The lowest BCUT2D eigenvalue weighted by atomic mass is 10.2. The maximum Gasteiger partial charge on any atom is 0.338 e. The molecule has 2 aromatic carbocycles. The molecule has 0 atom stereocenters. The first-order chi connectivity index (χ1) is 13.2. The van der Waals surface area contributed by atoms with Gasteiger partial charge in [-0.25, -0.2) is 13.2 Å². The summed E-state index contributed by atoms with van der Waals surface area (Å²) in [5.41, 5.74) is 7.23. The van der Waals surface area contributed by atoms with Gasteiger partial charge in [-0.2, -0.15) is 4.31 Å². The van der Waals surface area contributed by atoms with Gasteiger partial charge in [-0.05, 0) is 38.1 Å². The Morgan fingerprint density at radius 2 is 1.68 bits per heavy atom. The fourth-order valence-electron chi connectivity index (χ4n) is 2.68. The van der Waals surface area contributed by atoms with Gasteiger partial charge in [0.15, 0.2) is 5.75 Å². The molecule has 2 aromatic rings. The van der Waals surface area contributed by atoms with Crippen molar-refractivity contribution in [2.45, 2.75) is 32.6 Å². The zero-order valence-corrected chi connectivity index (χ0v) is 17.4. The highest BCUT2D eigenvalue weighted by molar-refractivity contribution is 7.89. The van der Waals surface area contributed by atoms with Crippen molar-refractivity contribution in [1.82, 2.24) is 4.31 Å². The fraction of sp³-hybridized carbons (Fsp3) is 0.350. The van der Waals surface area contributed by atoms with Crippen LogP contribution < -0.4 is 10.5 Å². The van der Waals surface area contributed by atoms with E-state index in [1.54, 1.807) is 32.9 Å². The second kappa shape index (κ2) is 9.07. The predicted molar refractivity (Wildman–Crippen MR) is 108 cm³/mol. The van der Waals surface area contributed by atoms with Crippen LogP contribution >= 0.6 is 0 Å². The number of sulfonamides is 1. The summed E-state index contributed by atoms with van der Waals surface area (Å²) in [4.78, 5) is 12.0. The molecule has 0 aromatic heterocycles. The van der Waals surface area contributed by atoms with Gasteiger partial charge in [0.05, 0.1) is 17.9 Å². The number of nitrogen functional groups attached to an aromatic ring is 1. The zero-order valence-electron chi connectivity index (χ0n) is 16.6. The number of esters is 1. The van der Waals surface area contributed by atoms with Crippen molar-refractivity contribution < 1.29 is 22.7 Å². The number of carbonyl (C=O) groups excluding carboxylic acids is 1. The molecule has 0 saturated carbocycles. The van der Waals surface area contributed by atoms with E-state index in [1.165, 1.54) is 16.4 Å². The summed E-state index contributed by atoms with van der Waals surface area (Å²) >= 11 is 0. The van der Waals surface area contributed by atoms with E-state index in [4.69, 9.17) is 15.2 Å². The molecule has 2 rings (SSSR count). The van der Waals surface area contributed by atoms with E-state index in [0.29, 0.717) is 5.75 Å². The lowest BCUT2D eigenvalue weighted by molar-refractivity contribution is 0.0526. The van der Waals surface area contributed by atoms with Crippen molar-refractivity contribution in [2.75, 3.05) is 25.4 Å². The van der Waals surface area contributed by atoms with E-state index in [-0.39, 0.29) is 41.6 Å². The Bertz CT molecular complexity index is 936. The molecule has 8 heteroatoms. The van der Waals surface area contributed by atoms with Crippen molar-refractivity contribution >= 4 is 21.7 Å². The van der Waals surface area contributed by atoms with Crippen LogP contribution in [0.4, 0.5) is 5.69 Å². The smallest absolute Gasteiger partial charge is 0.338 e. The number of hydrogen-bond acceptors (Lipinski definition) is 6. The Hall–Kier alpha value is -2.58. The highest BCUT2D eigenvalue weighted by Crippen LogP contribution is 2.37. The van der Waals surface area contributed by atoms with Crippen molar-refractivity contribution in [3.8, 4) is 11.5 Å². The Morgan fingerprint density at radius 3 is 2.21 bits per heavy atom. The molecule has 0 unspecified atom stereocenters. The van der Waals surface area contributed by atoms with E-state index in [9.17, 15) is 13.2 Å². The van der Waals surface area contributed by atoms with Crippen LogP contribution in [0, 0.1) is 6.92 Å². The maximum absolute atomic E-state index is 13.2. The molecule has 0 heterocycles. The first-order valence-electron chi connectivity index (χ1n) is 9.09. The van der Waals surface area contributed by atoms with Crippen molar-refractivity contribution in [3.05, 3.63) is 47.5 Å². The fourth-order valence-corrected chi connectivity index (χ4v) is 4.31. The van der Waals surface area contributed by atoms with Crippen LogP contribution in [-0.4, -0.2) is 38.4 Å². The predicted octanol–water partition coefficient (Wildman–Crippen LogP) is 3.58. The van der Waals surface area contributed by atoms with E-state index in [1.807, 2.05) is 19.1 Å². The number of benzene rings is 2. The first-order valence-corrected chi connectivity index (χ1v) is 10.5. The molecule has 0 saturated heterocycles. The number of nitrogens with zero attached hydrogens (tertiary/aromatic N) is 1. The average molecular weight is 407 g/mol. The summed E-state index contributed by atoms with van der Waals surface area (Å²) in [5, 5.41) is 0. The first kappa shape index (κ1) is 21.7. The standard InChI is InChI=1S/C20H26N2O5S/c1-5-22(6-2)28(24,25)18-13-15(20(23)26-7-3)12-17(21)19(18)27-16-10-8-14(4)9-11-16/h8-13H,5-7,21H2,1-4H3. The summed E-state index contributed by atoms with van der Waals surface area (Å²) in [5.74, 6) is -0.215. The van der Waals surface area contributed by atoms with Gasteiger partial charge in [-0.3, -0.25) is 0 Å². The SMILES string of the molecule is CCOC(=O)c1cc(N)c(Oc2ccc(C)cc2)c(S(=O)(=O)N(CC)CC)c1. The van der Waals surface area contributed by atoms with Crippen LogP contribution in [0.15, 0.2) is 41.3 Å². The number of aryl methyl sites for hydroxylation is 1. The lowest BCUT2D eigenvalue weighted by Gasteiger charge is -2.22. The maximum atomic E-state index is 13.2. The van der Waals surface area contributed by atoms with E-state index < -0.39 is 16.0 Å². The van der Waals surface area contributed by atoms with Gasteiger partial charge in [0, 0.05) is 13.1 Å². The second-order valence-corrected chi connectivity index (χ2v) is 8.02. The van der Waals surface area contributed by atoms with E-state index >= 15 is 0 Å². The molecule has 0 amide bonds. The summed E-state index contributed by atoms with van der Waals surface area (Å²) in [6.45, 7) is 7.78. The number of nitrogens with two attached hydrogens (primary N) is 1. The van der Waals surface area contributed by atoms with Gasteiger partial charge in [-0.1, -0.05) is 31.5 Å². The van der Waals surface area contributed by atoms with Gasteiger partial charge in [0.1, 0.15) is 10.6 Å². The Balaban J connectivity index is 2.65. The molecule has 7 nitrogen and oxygen atoms in total. The summed E-state index contributed by atoms with van der Waals surface area (Å²) in [7, 11) is -3.93. The van der Waals surface area contributed by atoms with Crippen LogP contribution in [-0.2, 0) is 14.8 Å². The largest absolute Gasteiger partial charge is 0.462 e. The normalized spacial score (nSPS) is 11.5. The van der Waals surface area contributed by atoms with Crippen LogP contribution in [0.5, 0.6) is 11.5 Å². The Labute approximate surface area is 166 Å². The highest BCUT2D eigenvalue weighted by atomic mass is 32.2. The Morgan fingerprint density at radius 1 is 1.07 bits per heavy atom.